The van der Waals surface area contributed by atoms with Crippen LogP contribution in [0.5, 0.6) is 0 Å². The van der Waals surface area contributed by atoms with Crippen LogP contribution in [0, 0.1) is 13.8 Å². The van der Waals surface area contributed by atoms with Gasteiger partial charge in [0.15, 0.2) is 5.11 Å². The van der Waals surface area contributed by atoms with Gasteiger partial charge in [0.05, 0.1) is 19.4 Å². The summed E-state index contributed by atoms with van der Waals surface area (Å²) in [5.41, 5.74) is 4.79. The van der Waals surface area contributed by atoms with Gasteiger partial charge in [0.1, 0.15) is 5.76 Å². The van der Waals surface area contributed by atoms with Crippen molar-refractivity contribution in [2.24, 2.45) is 0 Å². The molecule has 0 atom stereocenters. The predicted molar refractivity (Wildman–Crippen MR) is 128 cm³/mol. The number of benzene rings is 2. The third-order valence-electron chi connectivity index (χ3n) is 4.96. The molecule has 0 saturated carbocycles. The minimum absolute atomic E-state index is 0.0808. The fourth-order valence-corrected chi connectivity index (χ4v) is 3.34. The van der Waals surface area contributed by atoms with Gasteiger partial charge in [-0.25, -0.2) is 0 Å². The molecule has 1 heterocycles. The van der Waals surface area contributed by atoms with E-state index in [0.29, 0.717) is 24.7 Å². The number of hydrogen-bond acceptors (Lipinski definition) is 3. The van der Waals surface area contributed by atoms with E-state index in [9.17, 15) is 4.79 Å². The van der Waals surface area contributed by atoms with Gasteiger partial charge in [-0.15, -0.1) is 0 Å². The molecule has 0 unspecified atom stereocenters. The van der Waals surface area contributed by atoms with Crippen LogP contribution >= 0.6 is 12.2 Å². The quantitative estimate of drug-likeness (QED) is 0.495. The van der Waals surface area contributed by atoms with E-state index in [2.05, 4.69) is 73.0 Å². The maximum Gasteiger partial charge on any atom is 0.239 e. The van der Waals surface area contributed by atoms with Gasteiger partial charge in [-0.3, -0.25) is 4.79 Å². The van der Waals surface area contributed by atoms with Crippen molar-refractivity contribution in [1.82, 2.24) is 15.5 Å². The lowest BCUT2D eigenvalue weighted by Gasteiger charge is -2.25. The van der Waals surface area contributed by atoms with Gasteiger partial charge in [-0.05, 0) is 55.7 Å². The zero-order valence-electron chi connectivity index (χ0n) is 18.1. The second-order valence-electron chi connectivity index (χ2n) is 7.67. The molecule has 2 N–H and O–H groups in total. The van der Waals surface area contributed by atoms with Crippen LogP contribution < -0.4 is 10.6 Å². The van der Waals surface area contributed by atoms with Gasteiger partial charge >= 0.3 is 0 Å². The lowest BCUT2D eigenvalue weighted by atomic mass is 10.1. The topological polar surface area (TPSA) is 57.5 Å². The highest BCUT2D eigenvalue weighted by Crippen LogP contribution is 2.12. The van der Waals surface area contributed by atoms with Gasteiger partial charge in [0.2, 0.25) is 5.91 Å². The van der Waals surface area contributed by atoms with Crippen LogP contribution in [0.25, 0.3) is 0 Å². The average molecular weight is 436 g/mol. The predicted octanol–water partition coefficient (Wildman–Crippen LogP) is 4.13. The Morgan fingerprint density at radius 2 is 1.55 bits per heavy atom. The van der Waals surface area contributed by atoms with Gasteiger partial charge < -0.3 is 20.0 Å². The number of carbonyl (C=O) groups is 1. The van der Waals surface area contributed by atoms with Crippen molar-refractivity contribution < 1.29 is 9.21 Å². The van der Waals surface area contributed by atoms with Crippen LogP contribution in [0.15, 0.2) is 71.3 Å². The maximum atomic E-state index is 12.3. The Hall–Kier alpha value is -3.12. The van der Waals surface area contributed by atoms with Crippen molar-refractivity contribution in [3.63, 3.8) is 0 Å². The minimum Gasteiger partial charge on any atom is -0.467 e. The number of rotatable bonds is 9. The molecule has 0 spiro atoms. The summed E-state index contributed by atoms with van der Waals surface area (Å²) in [6, 6.07) is 20.5. The van der Waals surface area contributed by atoms with E-state index in [1.807, 2.05) is 17.0 Å². The number of hydrogen-bond donors (Lipinski definition) is 2. The Bertz CT molecular complexity index is 967. The van der Waals surface area contributed by atoms with Crippen LogP contribution in [-0.4, -0.2) is 29.0 Å². The van der Waals surface area contributed by atoms with Crippen LogP contribution in [0.4, 0.5) is 0 Å². The Labute approximate surface area is 189 Å². The molecule has 0 aliphatic carbocycles. The van der Waals surface area contributed by atoms with Gasteiger partial charge in [-0.1, -0.05) is 59.7 Å². The number of aryl methyl sites for hydroxylation is 2. The third kappa shape index (κ3) is 7.57. The zero-order valence-corrected chi connectivity index (χ0v) is 18.9. The number of furan rings is 1. The smallest absolute Gasteiger partial charge is 0.239 e. The highest BCUT2D eigenvalue weighted by molar-refractivity contribution is 7.80. The second kappa shape index (κ2) is 11.3. The number of carbonyl (C=O) groups excluding carboxylic acids is 1. The zero-order chi connectivity index (χ0) is 22.1. The molecule has 31 heavy (non-hydrogen) atoms. The van der Waals surface area contributed by atoms with Crippen molar-refractivity contribution in [3.05, 3.63) is 94.9 Å². The average Bonchev–Trinajstić information content (AvgIpc) is 3.28. The first-order valence-electron chi connectivity index (χ1n) is 10.4. The minimum atomic E-state index is -0.0808. The number of thiocarbonyl (C=S) groups is 1. The highest BCUT2D eigenvalue weighted by atomic mass is 32.1. The van der Waals surface area contributed by atoms with E-state index < -0.39 is 0 Å². The van der Waals surface area contributed by atoms with E-state index in [-0.39, 0.29) is 12.5 Å². The second-order valence-corrected chi connectivity index (χ2v) is 8.05. The van der Waals surface area contributed by atoms with Crippen LogP contribution in [0.1, 0.15) is 28.0 Å². The van der Waals surface area contributed by atoms with E-state index in [1.54, 1.807) is 6.26 Å². The van der Waals surface area contributed by atoms with Crippen LogP contribution in [-0.2, 0) is 24.3 Å². The summed E-state index contributed by atoms with van der Waals surface area (Å²) in [4.78, 5) is 14.3. The van der Waals surface area contributed by atoms with Crippen molar-refractivity contribution in [3.8, 4) is 0 Å². The fourth-order valence-electron chi connectivity index (χ4n) is 3.14. The van der Waals surface area contributed by atoms with E-state index in [1.165, 1.54) is 16.7 Å². The normalized spacial score (nSPS) is 10.5. The Kier molecular flexibility index (Phi) is 8.24. The third-order valence-corrected chi connectivity index (χ3v) is 5.37. The molecule has 0 bridgehead atoms. The van der Waals surface area contributed by atoms with Crippen molar-refractivity contribution in [1.29, 1.82) is 0 Å². The van der Waals surface area contributed by atoms with Crippen molar-refractivity contribution >= 4 is 23.2 Å². The SMILES string of the molecule is Cc1ccc(CCNC(=O)CNC(=S)N(Cc2ccc(C)cc2)Cc2ccco2)cc1. The molecule has 0 aliphatic heterocycles. The molecule has 0 fully saturated rings. The van der Waals surface area contributed by atoms with Gasteiger partial charge in [-0.2, -0.15) is 0 Å². The standard InChI is InChI=1S/C25H29N3O2S/c1-19-5-9-21(10-6-19)13-14-26-24(29)16-27-25(31)28(18-23-4-3-15-30-23)17-22-11-7-20(2)8-12-22/h3-12,15H,13-14,16-18H2,1-2H3,(H,26,29)(H,27,31). The van der Waals surface area contributed by atoms with E-state index >= 15 is 0 Å². The Balaban J connectivity index is 1.49. The summed E-state index contributed by atoms with van der Waals surface area (Å²) in [6.45, 7) is 6.01. The molecule has 162 valence electrons. The molecular formula is C25H29N3O2S. The van der Waals surface area contributed by atoms with Crippen LogP contribution in [0.2, 0.25) is 0 Å². The molecule has 0 saturated heterocycles. The molecule has 5 nitrogen and oxygen atoms in total. The largest absolute Gasteiger partial charge is 0.467 e. The summed E-state index contributed by atoms with van der Waals surface area (Å²) >= 11 is 5.59. The van der Waals surface area contributed by atoms with Crippen LogP contribution in [0.3, 0.4) is 0 Å². The molecular weight excluding hydrogens is 406 g/mol. The number of nitrogens with one attached hydrogen (secondary N) is 2. The summed E-state index contributed by atoms with van der Waals surface area (Å²) in [5, 5.41) is 6.55. The summed E-state index contributed by atoms with van der Waals surface area (Å²) in [6.07, 6.45) is 2.45. The first kappa shape index (κ1) is 22.6. The molecule has 6 heteroatoms. The molecule has 0 aliphatic rings. The van der Waals surface area contributed by atoms with Gasteiger partial charge in [0.25, 0.3) is 0 Å². The Morgan fingerprint density at radius 3 is 2.16 bits per heavy atom. The Morgan fingerprint density at radius 1 is 0.903 bits per heavy atom. The van der Waals surface area contributed by atoms with E-state index in [0.717, 1.165) is 17.7 Å². The fraction of sp³-hybridized carbons (Fsp3) is 0.280. The highest BCUT2D eigenvalue weighted by Gasteiger charge is 2.14. The lowest BCUT2D eigenvalue weighted by molar-refractivity contribution is -0.119. The molecule has 1 aromatic heterocycles. The molecule has 0 radical (unpaired) electrons. The monoisotopic (exact) mass is 435 g/mol. The summed E-state index contributed by atoms with van der Waals surface area (Å²) in [7, 11) is 0. The molecule has 3 rings (SSSR count). The molecule has 3 aromatic rings. The summed E-state index contributed by atoms with van der Waals surface area (Å²) < 4.78 is 5.49. The van der Waals surface area contributed by atoms with Crippen molar-refractivity contribution in [2.75, 3.05) is 13.1 Å². The first-order valence-corrected chi connectivity index (χ1v) is 10.8. The molecule has 1 amide bonds. The number of nitrogens with zero attached hydrogens (tertiary/aromatic N) is 1. The summed E-state index contributed by atoms with van der Waals surface area (Å²) in [5.74, 6) is 0.738. The number of amides is 1. The van der Waals surface area contributed by atoms with E-state index in [4.69, 9.17) is 16.6 Å². The molecule has 2 aromatic carbocycles. The first-order chi connectivity index (χ1) is 15.0. The maximum absolute atomic E-state index is 12.3. The van der Waals surface area contributed by atoms with Crippen molar-refractivity contribution in [2.45, 2.75) is 33.4 Å². The lowest BCUT2D eigenvalue weighted by Crippen LogP contribution is -2.44. The van der Waals surface area contributed by atoms with Gasteiger partial charge in [0, 0.05) is 13.1 Å².